The molecule has 2 aromatic heterocycles. The fourth-order valence-electron chi connectivity index (χ4n) is 4.83. The number of rotatable bonds is 7. The monoisotopic (exact) mass is 604 g/mol. The van der Waals surface area contributed by atoms with E-state index in [1.54, 1.807) is 36.4 Å². The van der Waals surface area contributed by atoms with Crippen LogP contribution >= 0.6 is 11.6 Å². The summed E-state index contributed by atoms with van der Waals surface area (Å²) in [6.07, 6.45) is -2.23. The molecule has 0 atom stereocenters. The molecule has 0 bridgehead atoms. The summed E-state index contributed by atoms with van der Waals surface area (Å²) in [5.41, 5.74) is -1.69. The molecule has 0 aliphatic rings. The maximum atomic E-state index is 14.1. The first-order chi connectivity index (χ1) is 20.5. The maximum absolute atomic E-state index is 14.1. The van der Waals surface area contributed by atoms with Gasteiger partial charge in [-0.1, -0.05) is 23.7 Å². The lowest BCUT2D eigenvalue weighted by atomic mass is 9.92. The van der Waals surface area contributed by atoms with Crippen molar-refractivity contribution in [3.63, 3.8) is 0 Å². The van der Waals surface area contributed by atoms with Crippen molar-refractivity contribution in [1.29, 1.82) is 5.26 Å². The average molecular weight is 605 g/mol. The van der Waals surface area contributed by atoms with Crippen LogP contribution in [0.25, 0.3) is 33.2 Å². The summed E-state index contributed by atoms with van der Waals surface area (Å²) in [7, 11) is 0. The molecular formula is C31H20ClF3N4O4. The van der Waals surface area contributed by atoms with Gasteiger partial charge in [0.2, 0.25) is 0 Å². The summed E-state index contributed by atoms with van der Waals surface area (Å²) in [6.45, 7) is 1.35. The SMILES string of the molecule is Cc1nc2cc(C(F)(F)F)c(-c3ccncc3)c(C#N)c2c(=O)n1CCOc1ccc(Cl)cc1-c1cccc(C(=O)O)c1. The van der Waals surface area contributed by atoms with Crippen LogP contribution in [0.5, 0.6) is 5.75 Å². The van der Waals surface area contributed by atoms with Crippen molar-refractivity contribution in [3.05, 3.63) is 111 Å². The molecule has 5 aromatic rings. The predicted molar refractivity (Wildman–Crippen MR) is 153 cm³/mol. The smallest absolute Gasteiger partial charge is 0.417 e. The van der Waals surface area contributed by atoms with Crippen molar-refractivity contribution in [2.75, 3.05) is 6.61 Å². The van der Waals surface area contributed by atoms with E-state index in [1.807, 2.05) is 0 Å². The van der Waals surface area contributed by atoms with Crippen LogP contribution in [0.4, 0.5) is 13.2 Å². The Hall–Kier alpha value is -5.21. The fourth-order valence-corrected chi connectivity index (χ4v) is 5.00. The number of nitriles is 1. The number of fused-ring (bicyclic) bond motifs is 1. The average Bonchev–Trinajstić information content (AvgIpc) is 2.98. The van der Waals surface area contributed by atoms with Crippen molar-refractivity contribution in [2.24, 2.45) is 0 Å². The molecule has 0 aliphatic heterocycles. The molecule has 0 aliphatic carbocycles. The van der Waals surface area contributed by atoms with Gasteiger partial charge in [-0.2, -0.15) is 18.4 Å². The Morgan fingerprint density at radius 1 is 1.09 bits per heavy atom. The number of carboxylic acids is 1. The molecule has 43 heavy (non-hydrogen) atoms. The minimum Gasteiger partial charge on any atom is -0.491 e. The van der Waals surface area contributed by atoms with Gasteiger partial charge in [0.25, 0.3) is 5.56 Å². The molecule has 12 heteroatoms. The van der Waals surface area contributed by atoms with Crippen LogP contribution in [0.2, 0.25) is 5.02 Å². The molecule has 8 nitrogen and oxygen atoms in total. The number of carbonyl (C=O) groups is 1. The van der Waals surface area contributed by atoms with E-state index in [2.05, 4.69) is 9.97 Å². The van der Waals surface area contributed by atoms with E-state index in [4.69, 9.17) is 16.3 Å². The second-order valence-electron chi connectivity index (χ2n) is 9.40. The number of aryl methyl sites for hydroxylation is 1. The summed E-state index contributed by atoms with van der Waals surface area (Å²) >= 11 is 6.20. The van der Waals surface area contributed by atoms with Gasteiger partial charge in [-0.25, -0.2) is 9.78 Å². The summed E-state index contributed by atoms with van der Waals surface area (Å²) in [4.78, 5) is 33.3. The van der Waals surface area contributed by atoms with Crippen LogP contribution in [0.3, 0.4) is 0 Å². The lowest BCUT2D eigenvalue weighted by molar-refractivity contribution is -0.137. The molecule has 0 spiro atoms. The highest BCUT2D eigenvalue weighted by molar-refractivity contribution is 6.31. The normalized spacial score (nSPS) is 11.3. The summed E-state index contributed by atoms with van der Waals surface area (Å²) < 4.78 is 49.6. The summed E-state index contributed by atoms with van der Waals surface area (Å²) in [5.74, 6) is -0.615. The molecule has 216 valence electrons. The van der Waals surface area contributed by atoms with Crippen LogP contribution in [0, 0.1) is 18.3 Å². The van der Waals surface area contributed by atoms with Crippen molar-refractivity contribution in [2.45, 2.75) is 19.6 Å². The Morgan fingerprint density at radius 2 is 1.84 bits per heavy atom. The van der Waals surface area contributed by atoms with E-state index >= 15 is 0 Å². The number of alkyl halides is 3. The number of benzene rings is 3. The number of hydrogen-bond donors (Lipinski definition) is 1. The first kappa shape index (κ1) is 29.3. The topological polar surface area (TPSA) is 118 Å². The standard InChI is InChI=1S/C31H20ClF3N4O4/c1-17-38-25-15-24(31(33,34)35)27(18-7-9-37-10-8-18)23(16-36)28(25)29(40)39(17)11-12-43-26-6-5-21(32)14-22(26)19-3-2-4-20(13-19)30(41)42/h2-10,13-15H,11-12H2,1H3,(H,41,42). The van der Waals surface area contributed by atoms with Gasteiger partial charge in [0, 0.05) is 28.5 Å². The first-order valence-electron chi connectivity index (χ1n) is 12.7. The van der Waals surface area contributed by atoms with E-state index in [0.29, 0.717) is 21.9 Å². The van der Waals surface area contributed by atoms with E-state index < -0.39 is 34.4 Å². The first-order valence-corrected chi connectivity index (χ1v) is 13.1. The molecule has 5 rings (SSSR count). The zero-order chi connectivity index (χ0) is 30.9. The fraction of sp³-hybridized carbons (Fsp3) is 0.129. The number of aromatic nitrogens is 3. The molecule has 0 fully saturated rings. The number of nitrogens with zero attached hydrogens (tertiary/aromatic N) is 4. The Balaban J connectivity index is 1.55. The van der Waals surface area contributed by atoms with Crippen LogP contribution in [-0.2, 0) is 12.7 Å². The van der Waals surface area contributed by atoms with Gasteiger partial charge in [0.15, 0.2) is 0 Å². The van der Waals surface area contributed by atoms with Gasteiger partial charge in [-0.15, -0.1) is 0 Å². The van der Waals surface area contributed by atoms with Gasteiger partial charge in [-0.3, -0.25) is 14.3 Å². The lowest BCUT2D eigenvalue weighted by Crippen LogP contribution is -2.27. The van der Waals surface area contributed by atoms with E-state index in [0.717, 1.165) is 6.07 Å². The quantitative estimate of drug-likeness (QED) is 0.218. The molecular weight excluding hydrogens is 585 g/mol. The number of hydrogen-bond acceptors (Lipinski definition) is 6. The molecule has 1 N–H and O–H groups in total. The second-order valence-corrected chi connectivity index (χ2v) is 9.84. The van der Waals surface area contributed by atoms with Crippen molar-refractivity contribution in [3.8, 4) is 34.1 Å². The van der Waals surface area contributed by atoms with Gasteiger partial charge in [0.1, 0.15) is 24.3 Å². The maximum Gasteiger partial charge on any atom is 0.417 e. The highest BCUT2D eigenvalue weighted by Crippen LogP contribution is 2.41. The zero-order valence-corrected chi connectivity index (χ0v) is 23.1. The molecule has 0 saturated carbocycles. The van der Waals surface area contributed by atoms with Crippen molar-refractivity contribution < 1.29 is 27.8 Å². The van der Waals surface area contributed by atoms with Crippen LogP contribution < -0.4 is 10.3 Å². The van der Waals surface area contributed by atoms with Gasteiger partial charge < -0.3 is 9.84 Å². The molecule has 3 aromatic carbocycles. The van der Waals surface area contributed by atoms with Crippen LogP contribution in [0.1, 0.15) is 27.3 Å². The van der Waals surface area contributed by atoms with Gasteiger partial charge in [0.05, 0.1) is 34.1 Å². The minimum absolute atomic E-state index is 0.0542. The highest BCUT2D eigenvalue weighted by Gasteiger charge is 2.37. The molecule has 0 amide bonds. The minimum atomic E-state index is -4.82. The van der Waals surface area contributed by atoms with Crippen molar-refractivity contribution >= 4 is 28.5 Å². The van der Waals surface area contributed by atoms with Gasteiger partial charge >= 0.3 is 12.1 Å². The van der Waals surface area contributed by atoms with Crippen LogP contribution in [-0.4, -0.2) is 32.2 Å². The Bertz CT molecular complexity index is 1990. The third-order valence-electron chi connectivity index (χ3n) is 6.76. The van der Waals surface area contributed by atoms with Crippen molar-refractivity contribution in [1.82, 2.24) is 14.5 Å². The third-order valence-corrected chi connectivity index (χ3v) is 6.99. The second kappa shape index (κ2) is 11.6. The van der Waals surface area contributed by atoms with Crippen LogP contribution in [0.15, 0.2) is 77.9 Å². The third kappa shape index (κ3) is 5.78. The number of ether oxygens (including phenoxy) is 1. The number of pyridine rings is 1. The zero-order valence-electron chi connectivity index (χ0n) is 22.3. The number of halogens is 4. The van der Waals surface area contributed by atoms with E-state index in [-0.39, 0.29) is 41.0 Å². The number of carboxylic acid groups (broad SMARTS) is 1. The molecule has 0 saturated heterocycles. The predicted octanol–water partition coefficient (Wildman–Crippen LogP) is 6.76. The summed E-state index contributed by atoms with van der Waals surface area (Å²) in [5, 5.41) is 19.5. The Morgan fingerprint density at radius 3 is 2.51 bits per heavy atom. The molecule has 0 radical (unpaired) electrons. The largest absolute Gasteiger partial charge is 0.491 e. The van der Waals surface area contributed by atoms with E-state index in [1.165, 1.54) is 48.1 Å². The Kier molecular flexibility index (Phi) is 7.89. The van der Waals surface area contributed by atoms with Gasteiger partial charge in [-0.05, 0) is 66.6 Å². The Labute approximate surface area is 247 Å². The number of aromatic carboxylic acids is 1. The molecule has 2 heterocycles. The van der Waals surface area contributed by atoms with E-state index in [9.17, 15) is 33.1 Å². The molecule has 0 unspecified atom stereocenters. The highest BCUT2D eigenvalue weighted by atomic mass is 35.5. The summed E-state index contributed by atoms with van der Waals surface area (Å²) in [6, 6.07) is 16.3. The lowest BCUT2D eigenvalue weighted by Gasteiger charge is -2.18.